The highest BCUT2D eigenvalue weighted by atomic mass is 16.6. The number of oxime groups is 1. The average molecular weight is 344 g/mol. The molecule has 25 heavy (non-hydrogen) atoms. The van der Waals surface area contributed by atoms with E-state index in [1.54, 1.807) is 12.7 Å². The molecular weight excluding hydrogens is 310 g/mol. The van der Waals surface area contributed by atoms with E-state index in [-0.39, 0.29) is 5.41 Å². The number of allylic oxidation sites excluding steroid dienone is 2. The van der Waals surface area contributed by atoms with Crippen molar-refractivity contribution in [3.63, 3.8) is 0 Å². The van der Waals surface area contributed by atoms with Gasteiger partial charge in [-0.3, -0.25) is 4.79 Å². The Hall–Kier alpha value is -1.12. The second-order valence-electron chi connectivity index (χ2n) is 9.55. The van der Waals surface area contributed by atoms with Gasteiger partial charge in [0.1, 0.15) is 12.9 Å². The lowest BCUT2D eigenvalue weighted by Gasteiger charge is -2.58. The molecule has 3 nitrogen and oxygen atoms in total. The van der Waals surface area contributed by atoms with E-state index in [0.717, 1.165) is 36.3 Å². The molecule has 0 bridgehead atoms. The van der Waals surface area contributed by atoms with Gasteiger partial charge >= 0.3 is 0 Å². The van der Waals surface area contributed by atoms with Gasteiger partial charge < -0.3 is 4.84 Å². The normalized spacial score (nSPS) is 47.5. The van der Waals surface area contributed by atoms with E-state index in [0.29, 0.717) is 17.1 Å². The first kappa shape index (κ1) is 17.3. The summed E-state index contributed by atoms with van der Waals surface area (Å²) in [4.78, 5) is 17.2. The number of ketones is 1. The van der Waals surface area contributed by atoms with Crippen LogP contribution in [-0.2, 0) is 9.63 Å². The number of rotatable bonds is 2. The van der Waals surface area contributed by atoms with Crippen molar-refractivity contribution in [1.29, 1.82) is 0 Å². The highest BCUT2D eigenvalue weighted by Crippen LogP contribution is 2.66. The zero-order chi connectivity index (χ0) is 17.8. The van der Waals surface area contributed by atoms with Crippen LogP contribution < -0.4 is 0 Å². The molecule has 0 aromatic rings. The number of nitrogens with zero attached hydrogens (tertiary/aromatic N) is 1. The van der Waals surface area contributed by atoms with Gasteiger partial charge in [0, 0.05) is 5.92 Å². The smallest absolute Gasteiger partial charge is 0.133 e. The molecule has 0 radical (unpaired) electrons. The predicted molar refractivity (Wildman–Crippen MR) is 100 cm³/mol. The lowest BCUT2D eigenvalue weighted by Crippen LogP contribution is -2.51. The Morgan fingerprint density at radius 2 is 1.92 bits per heavy atom. The van der Waals surface area contributed by atoms with Crippen molar-refractivity contribution in [2.24, 2.45) is 39.7 Å². The van der Waals surface area contributed by atoms with E-state index < -0.39 is 0 Å². The van der Waals surface area contributed by atoms with Crippen LogP contribution in [0.2, 0.25) is 0 Å². The fourth-order valence-electron chi connectivity index (χ4n) is 7.43. The molecule has 0 aromatic heterocycles. The first-order valence-corrected chi connectivity index (χ1v) is 10.2. The lowest BCUT2D eigenvalue weighted by atomic mass is 9.46. The topological polar surface area (TPSA) is 38.7 Å². The molecule has 6 atom stereocenters. The molecule has 3 fully saturated rings. The van der Waals surface area contributed by atoms with E-state index in [4.69, 9.17) is 4.84 Å². The third-order valence-electron chi connectivity index (χ3n) is 8.68. The zero-order valence-electron chi connectivity index (χ0n) is 16.3. The number of carbonyl (C=O) groups is 1. The Morgan fingerprint density at radius 1 is 1.12 bits per heavy atom. The van der Waals surface area contributed by atoms with Crippen molar-refractivity contribution in [3.8, 4) is 0 Å². The van der Waals surface area contributed by atoms with Gasteiger partial charge in [-0.2, -0.15) is 0 Å². The van der Waals surface area contributed by atoms with Crippen molar-refractivity contribution >= 4 is 11.5 Å². The monoisotopic (exact) mass is 343 g/mol. The summed E-state index contributed by atoms with van der Waals surface area (Å²) >= 11 is 0. The number of Topliss-reactive ketones (excluding diaryl/α,β-unsaturated/α-hetero) is 1. The second-order valence-corrected chi connectivity index (χ2v) is 9.55. The van der Waals surface area contributed by atoms with Crippen LogP contribution in [0.4, 0.5) is 0 Å². The summed E-state index contributed by atoms with van der Waals surface area (Å²) < 4.78 is 0. The van der Waals surface area contributed by atoms with Crippen LogP contribution in [0, 0.1) is 34.5 Å². The Kier molecular flexibility index (Phi) is 4.12. The molecule has 0 heterocycles. The van der Waals surface area contributed by atoms with Gasteiger partial charge in [-0.15, -0.1) is 0 Å². The first-order valence-electron chi connectivity index (χ1n) is 10.2. The number of carbonyl (C=O) groups excluding carboxylic acids is 1. The van der Waals surface area contributed by atoms with E-state index >= 15 is 0 Å². The number of hydrogen-bond donors (Lipinski definition) is 0. The molecule has 4 aliphatic rings. The van der Waals surface area contributed by atoms with E-state index in [2.05, 4.69) is 25.1 Å². The van der Waals surface area contributed by atoms with Gasteiger partial charge in [0.15, 0.2) is 0 Å². The van der Waals surface area contributed by atoms with Crippen molar-refractivity contribution < 1.29 is 9.63 Å². The molecule has 0 aromatic carbocycles. The molecule has 138 valence electrons. The zero-order valence-corrected chi connectivity index (χ0v) is 16.3. The maximum Gasteiger partial charge on any atom is 0.133 e. The summed E-state index contributed by atoms with van der Waals surface area (Å²) in [7, 11) is 1.64. The molecule has 3 saturated carbocycles. The molecular formula is C22H33NO2. The molecule has 0 aliphatic heterocycles. The second kappa shape index (κ2) is 5.96. The van der Waals surface area contributed by atoms with Crippen molar-refractivity contribution in [2.75, 3.05) is 7.11 Å². The largest absolute Gasteiger partial charge is 0.399 e. The molecule has 0 spiro atoms. The molecule has 3 heteroatoms. The predicted octanol–water partition coefficient (Wildman–Crippen LogP) is 5.16. The van der Waals surface area contributed by atoms with E-state index in [1.807, 2.05) is 6.92 Å². The summed E-state index contributed by atoms with van der Waals surface area (Å²) in [6.07, 6.45) is 12.0. The van der Waals surface area contributed by atoms with Crippen LogP contribution in [0.3, 0.4) is 0 Å². The summed E-state index contributed by atoms with van der Waals surface area (Å²) in [6.45, 7) is 6.77. The van der Waals surface area contributed by atoms with Gasteiger partial charge in [0.05, 0.1) is 5.71 Å². The van der Waals surface area contributed by atoms with Crippen LogP contribution in [0.1, 0.15) is 72.1 Å². The quantitative estimate of drug-likeness (QED) is 0.650. The minimum absolute atomic E-state index is 0.266. The summed E-state index contributed by atoms with van der Waals surface area (Å²) in [6, 6.07) is 0. The van der Waals surface area contributed by atoms with E-state index in [1.165, 1.54) is 38.5 Å². The van der Waals surface area contributed by atoms with Gasteiger partial charge in [-0.1, -0.05) is 24.6 Å². The lowest BCUT2D eigenvalue weighted by molar-refractivity contribution is -0.127. The summed E-state index contributed by atoms with van der Waals surface area (Å²) in [5.74, 6) is 3.11. The fourth-order valence-corrected chi connectivity index (χ4v) is 7.43. The van der Waals surface area contributed by atoms with Crippen LogP contribution in [0.5, 0.6) is 0 Å². The maximum absolute atomic E-state index is 12.2. The minimum Gasteiger partial charge on any atom is -0.399 e. The molecule has 4 aliphatic carbocycles. The molecule has 0 amide bonds. The highest BCUT2D eigenvalue weighted by molar-refractivity contribution is 5.96. The standard InChI is InChI=1S/C22H33NO2/c1-14(24)18-7-8-19-17-6-5-15-13-16(23-25-4)9-11-21(15,2)20(17)10-12-22(18,19)3/h13,17-20H,5-12H2,1-4H3/b23-16+/t17-,18+,19-,20-,21-,22+/m0/s1. The fraction of sp³-hybridized carbons (Fsp3) is 0.818. The Morgan fingerprint density at radius 3 is 2.64 bits per heavy atom. The van der Waals surface area contributed by atoms with Crippen LogP contribution in [0.25, 0.3) is 0 Å². The van der Waals surface area contributed by atoms with Crippen LogP contribution in [-0.4, -0.2) is 18.6 Å². The molecule has 0 N–H and O–H groups in total. The van der Waals surface area contributed by atoms with E-state index in [9.17, 15) is 4.79 Å². The Balaban J connectivity index is 1.64. The Labute approximate surface area is 152 Å². The van der Waals surface area contributed by atoms with Gasteiger partial charge in [0.25, 0.3) is 0 Å². The molecule has 4 rings (SSSR count). The summed E-state index contributed by atoms with van der Waals surface area (Å²) in [5, 5.41) is 4.21. The minimum atomic E-state index is 0.266. The first-order chi connectivity index (χ1) is 11.9. The third-order valence-corrected chi connectivity index (χ3v) is 8.68. The van der Waals surface area contributed by atoms with Crippen molar-refractivity contribution in [1.82, 2.24) is 0 Å². The highest BCUT2D eigenvalue weighted by Gasteiger charge is 2.59. The van der Waals surface area contributed by atoms with Crippen LogP contribution in [0.15, 0.2) is 16.8 Å². The molecule has 0 unspecified atom stereocenters. The number of hydrogen-bond acceptors (Lipinski definition) is 3. The van der Waals surface area contributed by atoms with Crippen molar-refractivity contribution in [2.45, 2.75) is 72.1 Å². The van der Waals surface area contributed by atoms with Crippen LogP contribution >= 0.6 is 0 Å². The SMILES string of the molecule is CO/N=C1/C=C2CC[C@H]3[C@@H]4CC[C@H](C(C)=O)[C@@]4(C)CC[C@@H]3[C@@]2(C)CC1. The van der Waals surface area contributed by atoms with Crippen molar-refractivity contribution in [3.05, 3.63) is 11.6 Å². The number of fused-ring (bicyclic) bond motifs is 5. The Bertz CT molecular complexity index is 636. The average Bonchev–Trinajstić information content (AvgIpc) is 2.93. The molecule has 0 saturated heterocycles. The maximum atomic E-state index is 12.2. The summed E-state index contributed by atoms with van der Waals surface area (Å²) in [5.41, 5.74) is 3.33. The third kappa shape index (κ3) is 2.44. The van der Waals surface area contributed by atoms with Gasteiger partial charge in [-0.25, -0.2) is 0 Å². The van der Waals surface area contributed by atoms with Gasteiger partial charge in [0.2, 0.25) is 0 Å². The van der Waals surface area contributed by atoms with Gasteiger partial charge in [-0.05, 0) is 93.0 Å².